The van der Waals surface area contributed by atoms with Crippen LogP contribution in [0.2, 0.25) is 0 Å². The molecule has 0 aromatic rings. The van der Waals surface area contributed by atoms with Gasteiger partial charge in [0.15, 0.2) is 0 Å². The summed E-state index contributed by atoms with van der Waals surface area (Å²) in [5.74, 6) is -1.35. The second-order valence-corrected chi connectivity index (χ2v) is 4.85. The van der Waals surface area contributed by atoms with Gasteiger partial charge in [0.05, 0.1) is 13.7 Å². The fourth-order valence-corrected chi connectivity index (χ4v) is 2.49. The molecule has 20 heavy (non-hydrogen) atoms. The molecular weight excluding hydrogens is 262 g/mol. The third kappa shape index (κ3) is 3.95. The number of amides is 1. The number of carbonyl (C=O) groups excluding carboxylic acids is 3. The molecule has 0 saturated carbocycles. The minimum atomic E-state index is -0.676. The van der Waals surface area contributed by atoms with Crippen LogP contribution >= 0.6 is 0 Å². The van der Waals surface area contributed by atoms with Crippen molar-refractivity contribution < 1.29 is 23.9 Å². The molecule has 1 heterocycles. The lowest BCUT2D eigenvalue weighted by molar-refractivity contribution is -0.153. The number of ketones is 1. The molecule has 0 spiro atoms. The first-order chi connectivity index (χ1) is 9.54. The molecule has 0 unspecified atom stereocenters. The lowest BCUT2D eigenvalue weighted by Crippen LogP contribution is -2.42. The third-order valence-electron chi connectivity index (χ3n) is 3.65. The van der Waals surface area contributed by atoms with E-state index >= 15 is 0 Å². The van der Waals surface area contributed by atoms with Gasteiger partial charge in [0, 0.05) is 19.0 Å². The molecule has 1 aliphatic heterocycles. The van der Waals surface area contributed by atoms with Gasteiger partial charge in [-0.05, 0) is 26.2 Å². The lowest BCUT2D eigenvalue weighted by atomic mass is 9.84. The summed E-state index contributed by atoms with van der Waals surface area (Å²) in [5, 5.41) is 0. The molecule has 1 atom stereocenters. The number of ether oxygens (including phenoxy) is 2. The summed E-state index contributed by atoms with van der Waals surface area (Å²) in [4.78, 5) is 37.1. The predicted molar refractivity (Wildman–Crippen MR) is 72.1 cm³/mol. The highest BCUT2D eigenvalue weighted by molar-refractivity contribution is 6.00. The topological polar surface area (TPSA) is 72.9 Å². The van der Waals surface area contributed by atoms with E-state index in [9.17, 15) is 14.4 Å². The van der Waals surface area contributed by atoms with Crippen LogP contribution in [0.3, 0.4) is 0 Å². The molecule has 0 N–H and O–H groups in total. The maximum absolute atomic E-state index is 12.4. The summed E-state index contributed by atoms with van der Waals surface area (Å²) in [5.41, 5.74) is 0. The van der Waals surface area contributed by atoms with Gasteiger partial charge >= 0.3 is 12.1 Å². The van der Waals surface area contributed by atoms with Gasteiger partial charge < -0.3 is 14.4 Å². The summed E-state index contributed by atoms with van der Waals surface area (Å²) in [6.45, 7) is 4.79. The Balaban J connectivity index is 2.56. The van der Waals surface area contributed by atoms with E-state index in [0.717, 1.165) is 0 Å². The van der Waals surface area contributed by atoms with E-state index in [0.29, 0.717) is 32.4 Å². The quantitative estimate of drug-likeness (QED) is 0.567. The largest absolute Gasteiger partial charge is 0.465 e. The van der Waals surface area contributed by atoms with Crippen LogP contribution in [0.15, 0.2) is 0 Å². The van der Waals surface area contributed by atoms with Crippen molar-refractivity contribution in [2.75, 3.05) is 26.8 Å². The van der Waals surface area contributed by atoms with Gasteiger partial charge in [0.2, 0.25) is 0 Å². The highest BCUT2D eigenvalue weighted by Gasteiger charge is 2.34. The average molecular weight is 285 g/mol. The summed E-state index contributed by atoms with van der Waals surface area (Å²) >= 11 is 0. The van der Waals surface area contributed by atoms with Crippen molar-refractivity contribution in [3.63, 3.8) is 0 Å². The minimum absolute atomic E-state index is 0.0598. The number of hydrogen-bond donors (Lipinski definition) is 0. The number of rotatable bonds is 5. The van der Waals surface area contributed by atoms with Gasteiger partial charge in [-0.15, -0.1) is 0 Å². The number of hydrogen-bond acceptors (Lipinski definition) is 5. The Morgan fingerprint density at radius 3 is 2.25 bits per heavy atom. The molecule has 1 amide bonds. The van der Waals surface area contributed by atoms with Crippen LogP contribution in [0.25, 0.3) is 0 Å². The highest BCUT2D eigenvalue weighted by atomic mass is 16.5. The molecule has 0 aromatic heterocycles. The third-order valence-corrected chi connectivity index (χ3v) is 3.65. The SMILES string of the molecule is CCOC(=O)[C@H](CC)C(=O)C1CCN(C(=O)OC)CC1. The Hall–Kier alpha value is -1.59. The van der Waals surface area contributed by atoms with Crippen molar-refractivity contribution >= 4 is 17.8 Å². The fraction of sp³-hybridized carbons (Fsp3) is 0.786. The molecule has 0 aromatic carbocycles. The zero-order valence-electron chi connectivity index (χ0n) is 12.4. The molecule has 1 rings (SSSR count). The summed E-state index contributed by atoms with van der Waals surface area (Å²) in [6, 6.07) is 0. The maximum atomic E-state index is 12.4. The Morgan fingerprint density at radius 1 is 1.20 bits per heavy atom. The van der Waals surface area contributed by atoms with Crippen LogP contribution in [-0.4, -0.2) is 49.6 Å². The van der Waals surface area contributed by atoms with E-state index in [-0.39, 0.29) is 24.4 Å². The molecule has 6 heteroatoms. The van der Waals surface area contributed by atoms with Crippen LogP contribution in [0.5, 0.6) is 0 Å². The number of methoxy groups -OCH3 is 1. The zero-order valence-corrected chi connectivity index (χ0v) is 12.4. The van der Waals surface area contributed by atoms with Crippen molar-refractivity contribution in [1.82, 2.24) is 4.90 Å². The van der Waals surface area contributed by atoms with Crippen molar-refractivity contribution in [3.05, 3.63) is 0 Å². The van der Waals surface area contributed by atoms with Gasteiger partial charge in [-0.25, -0.2) is 4.79 Å². The Labute approximate surface area is 119 Å². The first-order valence-corrected chi connectivity index (χ1v) is 7.08. The molecule has 114 valence electrons. The standard InChI is InChI=1S/C14H23NO5/c1-4-11(13(17)20-5-2)12(16)10-6-8-15(9-7-10)14(18)19-3/h10-11H,4-9H2,1-3H3/t11-/m1/s1. The van der Waals surface area contributed by atoms with E-state index in [2.05, 4.69) is 4.74 Å². The zero-order chi connectivity index (χ0) is 15.1. The van der Waals surface area contributed by atoms with Crippen molar-refractivity contribution in [2.24, 2.45) is 11.8 Å². The lowest BCUT2D eigenvalue weighted by Gasteiger charge is -2.31. The van der Waals surface area contributed by atoms with Crippen LogP contribution in [0.1, 0.15) is 33.1 Å². The minimum Gasteiger partial charge on any atom is -0.465 e. The first-order valence-electron chi connectivity index (χ1n) is 7.08. The molecule has 1 aliphatic rings. The average Bonchev–Trinajstić information content (AvgIpc) is 2.47. The summed E-state index contributed by atoms with van der Waals surface area (Å²) in [7, 11) is 1.34. The Morgan fingerprint density at radius 2 is 1.80 bits per heavy atom. The van der Waals surface area contributed by atoms with Crippen LogP contribution in [-0.2, 0) is 19.1 Å². The predicted octanol–water partition coefficient (Wildman–Crippen LogP) is 1.62. The van der Waals surface area contributed by atoms with Crippen LogP contribution in [0.4, 0.5) is 4.79 Å². The van der Waals surface area contributed by atoms with Gasteiger partial charge in [-0.3, -0.25) is 9.59 Å². The van der Waals surface area contributed by atoms with Crippen LogP contribution < -0.4 is 0 Å². The Kier molecular flexibility index (Phi) is 6.48. The smallest absolute Gasteiger partial charge is 0.409 e. The second kappa shape index (κ2) is 7.87. The summed E-state index contributed by atoms with van der Waals surface area (Å²) in [6.07, 6.45) is 1.23. The molecule has 1 saturated heterocycles. The molecule has 6 nitrogen and oxygen atoms in total. The normalized spacial score (nSPS) is 17.4. The van der Waals surface area contributed by atoms with Crippen LogP contribution in [0, 0.1) is 11.8 Å². The maximum Gasteiger partial charge on any atom is 0.409 e. The van der Waals surface area contributed by atoms with Gasteiger partial charge in [-0.2, -0.15) is 0 Å². The number of likely N-dealkylation sites (tertiary alicyclic amines) is 1. The van der Waals surface area contributed by atoms with E-state index < -0.39 is 11.9 Å². The van der Waals surface area contributed by atoms with Crippen molar-refractivity contribution in [1.29, 1.82) is 0 Å². The number of nitrogens with zero attached hydrogens (tertiary/aromatic N) is 1. The second-order valence-electron chi connectivity index (χ2n) is 4.85. The molecule has 1 fully saturated rings. The highest BCUT2D eigenvalue weighted by Crippen LogP contribution is 2.24. The van der Waals surface area contributed by atoms with E-state index in [4.69, 9.17) is 4.74 Å². The van der Waals surface area contributed by atoms with E-state index in [1.807, 2.05) is 6.92 Å². The van der Waals surface area contributed by atoms with E-state index in [1.165, 1.54) is 7.11 Å². The first kappa shape index (κ1) is 16.5. The van der Waals surface area contributed by atoms with Crippen molar-refractivity contribution in [2.45, 2.75) is 33.1 Å². The van der Waals surface area contributed by atoms with Gasteiger partial charge in [0.1, 0.15) is 11.7 Å². The molecular formula is C14H23NO5. The van der Waals surface area contributed by atoms with E-state index in [1.54, 1.807) is 11.8 Å². The van der Waals surface area contributed by atoms with Gasteiger partial charge in [-0.1, -0.05) is 6.92 Å². The number of Topliss-reactive ketones (excluding diaryl/α,β-unsaturated/α-hetero) is 1. The number of piperidine rings is 1. The molecule has 0 radical (unpaired) electrons. The number of esters is 1. The molecule has 0 aliphatic carbocycles. The Bertz CT molecular complexity index is 361. The van der Waals surface area contributed by atoms with Crippen molar-refractivity contribution in [3.8, 4) is 0 Å². The monoisotopic (exact) mass is 285 g/mol. The number of carbonyl (C=O) groups is 3. The fourth-order valence-electron chi connectivity index (χ4n) is 2.49. The van der Waals surface area contributed by atoms with Gasteiger partial charge in [0.25, 0.3) is 0 Å². The summed E-state index contributed by atoms with van der Waals surface area (Å²) < 4.78 is 9.59. The molecule has 0 bridgehead atoms.